The third-order valence-electron chi connectivity index (χ3n) is 4.42. The third-order valence-corrected chi connectivity index (χ3v) is 4.42. The number of fused-ring (bicyclic) bond motifs is 2. The Kier molecular flexibility index (Phi) is 2.85. The lowest BCUT2D eigenvalue weighted by atomic mass is 9.66. The summed E-state index contributed by atoms with van der Waals surface area (Å²) in [5.74, 6) is 0.213. The van der Waals surface area contributed by atoms with Gasteiger partial charge in [0, 0.05) is 29.9 Å². The lowest BCUT2D eigenvalue weighted by Crippen LogP contribution is -2.33. The molecule has 0 bridgehead atoms. The van der Waals surface area contributed by atoms with Crippen molar-refractivity contribution >= 4 is 11.9 Å². The van der Waals surface area contributed by atoms with Crippen molar-refractivity contribution in [1.29, 1.82) is 0 Å². The van der Waals surface area contributed by atoms with Crippen molar-refractivity contribution in [2.24, 2.45) is 5.41 Å². The second kappa shape index (κ2) is 4.33. The van der Waals surface area contributed by atoms with Gasteiger partial charge in [0.15, 0.2) is 0 Å². The van der Waals surface area contributed by atoms with E-state index in [1.54, 1.807) is 0 Å². The van der Waals surface area contributed by atoms with E-state index < -0.39 is 0 Å². The van der Waals surface area contributed by atoms with Gasteiger partial charge < -0.3 is 9.47 Å². The monoisotopic (exact) mass is 274 g/mol. The zero-order valence-corrected chi connectivity index (χ0v) is 12.0. The van der Waals surface area contributed by atoms with Gasteiger partial charge >= 0.3 is 11.9 Å². The molecule has 4 nitrogen and oxygen atoms in total. The van der Waals surface area contributed by atoms with Gasteiger partial charge in [-0.2, -0.15) is 0 Å². The molecule has 4 heteroatoms. The average molecular weight is 274 g/mol. The van der Waals surface area contributed by atoms with E-state index >= 15 is 0 Å². The molecule has 0 spiro atoms. The number of carbonyl (C=O) groups is 2. The number of allylic oxidation sites excluding steroid dienone is 3. The first kappa shape index (κ1) is 13.2. The highest BCUT2D eigenvalue weighted by Gasteiger charge is 2.43. The molecule has 0 radical (unpaired) electrons. The minimum absolute atomic E-state index is 0.0740. The quantitative estimate of drug-likeness (QED) is 0.690. The summed E-state index contributed by atoms with van der Waals surface area (Å²) in [6, 6.07) is 0. The highest BCUT2D eigenvalue weighted by molar-refractivity contribution is 5.94. The van der Waals surface area contributed by atoms with E-state index in [9.17, 15) is 9.59 Å². The van der Waals surface area contributed by atoms with Crippen LogP contribution in [0, 0.1) is 5.41 Å². The summed E-state index contributed by atoms with van der Waals surface area (Å²) < 4.78 is 10.6. The maximum absolute atomic E-state index is 11.7. The predicted octanol–water partition coefficient (Wildman–Crippen LogP) is 2.81. The number of rotatable bonds is 1. The summed E-state index contributed by atoms with van der Waals surface area (Å²) in [5, 5.41) is 0. The summed E-state index contributed by atoms with van der Waals surface area (Å²) in [4.78, 5) is 22.8. The van der Waals surface area contributed by atoms with E-state index in [0.717, 1.165) is 24.8 Å². The molecule has 0 aromatic carbocycles. The van der Waals surface area contributed by atoms with E-state index in [-0.39, 0.29) is 23.5 Å². The van der Waals surface area contributed by atoms with Crippen LogP contribution in [0.25, 0.3) is 0 Å². The first-order valence-electron chi connectivity index (χ1n) is 6.91. The Hall–Kier alpha value is -1.84. The summed E-state index contributed by atoms with van der Waals surface area (Å²) in [5.41, 5.74) is 2.79. The number of esters is 2. The molecule has 0 aromatic heterocycles. The fourth-order valence-electron chi connectivity index (χ4n) is 3.35. The Bertz CT molecular complexity index is 594. The SMILES string of the molecule is CC(=O)O[C@@H]1CC=C2C=C3OC(=O)C(C)=C3C[C@]2(C)C1. The number of hydrogen-bond donors (Lipinski definition) is 0. The van der Waals surface area contributed by atoms with Gasteiger partial charge in [0.1, 0.15) is 11.9 Å². The van der Waals surface area contributed by atoms with Crippen LogP contribution in [0.5, 0.6) is 0 Å². The largest absolute Gasteiger partial charge is 0.462 e. The van der Waals surface area contributed by atoms with Gasteiger partial charge in [-0.15, -0.1) is 0 Å². The highest BCUT2D eigenvalue weighted by atomic mass is 16.5. The fraction of sp³-hybridized carbons (Fsp3) is 0.500. The minimum atomic E-state index is -0.245. The summed E-state index contributed by atoms with van der Waals surface area (Å²) in [6.07, 6.45) is 6.27. The molecule has 0 unspecified atom stereocenters. The second-order valence-electron chi connectivity index (χ2n) is 6.07. The van der Waals surface area contributed by atoms with E-state index in [2.05, 4.69) is 13.0 Å². The van der Waals surface area contributed by atoms with Crippen molar-refractivity contribution in [2.75, 3.05) is 0 Å². The highest BCUT2D eigenvalue weighted by Crippen LogP contribution is 2.51. The van der Waals surface area contributed by atoms with E-state index in [1.807, 2.05) is 13.0 Å². The molecule has 3 rings (SSSR count). The van der Waals surface area contributed by atoms with Gasteiger partial charge in [-0.1, -0.05) is 13.0 Å². The van der Waals surface area contributed by atoms with Crippen molar-refractivity contribution in [3.05, 3.63) is 34.6 Å². The second-order valence-corrected chi connectivity index (χ2v) is 6.07. The molecule has 1 aliphatic heterocycles. The van der Waals surface area contributed by atoms with Crippen LogP contribution in [-0.4, -0.2) is 18.0 Å². The topological polar surface area (TPSA) is 52.6 Å². The Balaban J connectivity index is 1.94. The third kappa shape index (κ3) is 1.99. The molecule has 0 saturated heterocycles. The van der Waals surface area contributed by atoms with Gasteiger partial charge in [-0.25, -0.2) is 4.79 Å². The Labute approximate surface area is 118 Å². The fourth-order valence-corrected chi connectivity index (χ4v) is 3.35. The molecule has 0 fully saturated rings. The average Bonchev–Trinajstić information content (AvgIpc) is 2.61. The van der Waals surface area contributed by atoms with Crippen LogP contribution in [0.15, 0.2) is 34.6 Å². The molecule has 1 heterocycles. The summed E-state index contributed by atoms with van der Waals surface area (Å²) in [6.45, 7) is 5.41. The van der Waals surface area contributed by atoms with Crippen molar-refractivity contribution in [3.63, 3.8) is 0 Å². The van der Waals surface area contributed by atoms with Gasteiger partial charge in [-0.05, 0) is 31.4 Å². The molecule has 20 heavy (non-hydrogen) atoms. The number of carbonyl (C=O) groups excluding carboxylic acids is 2. The number of ether oxygens (including phenoxy) is 2. The van der Waals surface area contributed by atoms with Crippen LogP contribution in [0.4, 0.5) is 0 Å². The van der Waals surface area contributed by atoms with Crippen molar-refractivity contribution in [2.45, 2.75) is 46.1 Å². The Morgan fingerprint density at radius 2 is 2.25 bits per heavy atom. The molecule has 2 atom stereocenters. The normalized spacial score (nSPS) is 31.9. The Morgan fingerprint density at radius 3 is 2.95 bits per heavy atom. The number of hydrogen-bond acceptors (Lipinski definition) is 4. The van der Waals surface area contributed by atoms with Crippen LogP contribution in [0.1, 0.15) is 40.0 Å². The molecule has 0 N–H and O–H groups in total. The van der Waals surface area contributed by atoms with Gasteiger partial charge in [-0.3, -0.25) is 4.79 Å². The van der Waals surface area contributed by atoms with Crippen molar-refractivity contribution in [1.82, 2.24) is 0 Å². The zero-order valence-electron chi connectivity index (χ0n) is 12.0. The van der Waals surface area contributed by atoms with Crippen molar-refractivity contribution < 1.29 is 19.1 Å². The maximum Gasteiger partial charge on any atom is 0.339 e. The van der Waals surface area contributed by atoms with Crippen LogP contribution in [-0.2, 0) is 19.1 Å². The van der Waals surface area contributed by atoms with E-state index in [4.69, 9.17) is 9.47 Å². The van der Waals surface area contributed by atoms with E-state index in [0.29, 0.717) is 11.3 Å². The standard InChI is InChI=1S/C16H18O4/c1-9-13-8-16(3)7-12(19-10(2)17)5-4-11(16)6-14(13)20-15(9)18/h4,6,12H,5,7-8H2,1-3H3/t12-,16+/m1/s1. The van der Waals surface area contributed by atoms with Gasteiger partial charge in [0.2, 0.25) is 0 Å². The lowest BCUT2D eigenvalue weighted by molar-refractivity contribution is -0.147. The first-order chi connectivity index (χ1) is 9.39. The van der Waals surface area contributed by atoms with Crippen LogP contribution < -0.4 is 0 Å². The van der Waals surface area contributed by atoms with Crippen LogP contribution >= 0.6 is 0 Å². The van der Waals surface area contributed by atoms with Crippen LogP contribution in [0.2, 0.25) is 0 Å². The first-order valence-corrected chi connectivity index (χ1v) is 6.91. The van der Waals surface area contributed by atoms with Gasteiger partial charge in [0.25, 0.3) is 0 Å². The molecule has 106 valence electrons. The van der Waals surface area contributed by atoms with Crippen molar-refractivity contribution in [3.8, 4) is 0 Å². The molecule has 0 saturated carbocycles. The molecule has 0 aromatic rings. The smallest absolute Gasteiger partial charge is 0.339 e. The van der Waals surface area contributed by atoms with E-state index in [1.165, 1.54) is 12.5 Å². The molecule has 0 amide bonds. The van der Waals surface area contributed by atoms with Gasteiger partial charge in [0.05, 0.1) is 0 Å². The summed E-state index contributed by atoms with van der Waals surface area (Å²) >= 11 is 0. The Morgan fingerprint density at radius 1 is 1.50 bits per heavy atom. The molecular formula is C16H18O4. The molecule has 2 aliphatic carbocycles. The predicted molar refractivity (Wildman–Crippen MR) is 72.5 cm³/mol. The zero-order chi connectivity index (χ0) is 14.5. The molecular weight excluding hydrogens is 256 g/mol. The summed E-state index contributed by atoms with van der Waals surface area (Å²) in [7, 11) is 0. The minimum Gasteiger partial charge on any atom is -0.462 e. The molecule has 3 aliphatic rings. The van der Waals surface area contributed by atoms with Crippen LogP contribution in [0.3, 0.4) is 0 Å². The maximum atomic E-state index is 11.7. The lowest BCUT2D eigenvalue weighted by Gasteiger charge is -2.40.